The highest BCUT2D eigenvalue weighted by Gasteiger charge is 2.20. The molecular formula is C22H28ClN3O3S. The number of benzene rings is 2. The number of anilines is 3. The molecule has 30 heavy (non-hydrogen) atoms. The van der Waals surface area contributed by atoms with Crippen LogP contribution in [0.1, 0.15) is 19.4 Å². The molecular weight excluding hydrogens is 422 g/mol. The molecule has 0 bridgehead atoms. The maximum atomic E-state index is 6.22. The number of hydrogen-bond donors (Lipinski definition) is 2. The van der Waals surface area contributed by atoms with Gasteiger partial charge in [0.1, 0.15) is 11.5 Å². The van der Waals surface area contributed by atoms with Crippen molar-refractivity contribution in [3.05, 3.63) is 40.9 Å². The highest BCUT2D eigenvalue weighted by molar-refractivity contribution is 7.80. The van der Waals surface area contributed by atoms with Gasteiger partial charge in [0.25, 0.3) is 0 Å². The van der Waals surface area contributed by atoms with Crippen LogP contribution in [0.15, 0.2) is 30.3 Å². The minimum atomic E-state index is 0.447. The molecule has 1 fully saturated rings. The van der Waals surface area contributed by atoms with E-state index in [1.54, 1.807) is 0 Å². The largest absolute Gasteiger partial charge is 0.492 e. The summed E-state index contributed by atoms with van der Waals surface area (Å²) in [5, 5.41) is 7.59. The molecule has 1 heterocycles. The van der Waals surface area contributed by atoms with Gasteiger partial charge in [0.15, 0.2) is 5.11 Å². The lowest BCUT2D eigenvalue weighted by atomic mass is 10.2. The van der Waals surface area contributed by atoms with Crippen molar-refractivity contribution in [2.24, 2.45) is 0 Å². The Balaban J connectivity index is 1.87. The zero-order valence-electron chi connectivity index (χ0n) is 17.6. The molecule has 0 unspecified atom stereocenters. The number of hydrogen-bond acceptors (Lipinski definition) is 5. The fourth-order valence-corrected chi connectivity index (χ4v) is 3.66. The SMILES string of the molecule is CCOc1cc(N2CCOCC2)c(OCC)cc1NC(=S)Nc1cccc(Cl)c1C. The van der Waals surface area contributed by atoms with Crippen LogP contribution in [0.2, 0.25) is 5.02 Å². The molecule has 0 aromatic heterocycles. The number of morpholine rings is 1. The van der Waals surface area contributed by atoms with Crippen molar-refractivity contribution < 1.29 is 14.2 Å². The van der Waals surface area contributed by atoms with Crippen molar-refractivity contribution in [1.29, 1.82) is 0 Å². The average molecular weight is 450 g/mol. The summed E-state index contributed by atoms with van der Waals surface area (Å²) in [6, 6.07) is 9.62. The second kappa shape index (κ2) is 10.7. The summed E-state index contributed by atoms with van der Waals surface area (Å²) in [4.78, 5) is 2.26. The van der Waals surface area contributed by atoms with Gasteiger partial charge in [0.05, 0.1) is 37.8 Å². The van der Waals surface area contributed by atoms with Crippen molar-refractivity contribution in [2.75, 3.05) is 55.1 Å². The Morgan fingerprint density at radius 3 is 2.43 bits per heavy atom. The first-order valence-corrected chi connectivity index (χ1v) is 10.9. The van der Waals surface area contributed by atoms with E-state index in [0.717, 1.165) is 47.2 Å². The van der Waals surface area contributed by atoms with Gasteiger partial charge in [0, 0.05) is 35.9 Å². The van der Waals surface area contributed by atoms with Gasteiger partial charge >= 0.3 is 0 Å². The highest BCUT2D eigenvalue weighted by Crippen LogP contribution is 2.39. The number of nitrogens with one attached hydrogen (secondary N) is 2. The summed E-state index contributed by atoms with van der Waals surface area (Å²) in [6.45, 7) is 10.0. The van der Waals surface area contributed by atoms with Crippen molar-refractivity contribution in [3.8, 4) is 11.5 Å². The van der Waals surface area contributed by atoms with Crippen LogP contribution in [0.25, 0.3) is 0 Å². The molecule has 3 rings (SSSR count). The molecule has 0 saturated carbocycles. The first-order chi connectivity index (χ1) is 14.5. The fraction of sp³-hybridized carbons (Fsp3) is 0.409. The van der Waals surface area contributed by atoms with Crippen molar-refractivity contribution >= 4 is 46.0 Å². The van der Waals surface area contributed by atoms with E-state index in [9.17, 15) is 0 Å². The molecule has 162 valence electrons. The van der Waals surface area contributed by atoms with Crippen LogP contribution >= 0.6 is 23.8 Å². The molecule has 1 aliphatic rings. The Bertz CT molecular complexity index is 888. The maximum Gasteiger partial charge on any atom is 0.175 e. The Labute approximate surface area is 188 Å². The molecule has 0 spiro atoms. The highest BCUT2D eigenvalue weighted by atomic mass is 35.5. The molecule has 8 heteroatoms. The van der Waals surface area contributed by atoms with Crippen LogP contribution in [0.4, 0.5) is 17.1 Å². The van der Waals surface area contributed by atoms with Crippen molar-refractivity contribution in [3.63, 3.8) is 0 Å². The normalized spacial score (nSPS) is 13.7. The smallest absolute Gasteiger partial charge is 0.175 e. The minimum absolute atomic E-state index is 0.447. The first-order valence-electron chi connectivity index (χ1n) is 10.1. The molecule has 0 amide bonds. The number of halogens is 1. The van der Waals surface area contributed by atoms with E-state index in [1.165, 1.54) is 0 Å². The third-order valence-corrected chi connectivity index (χ3v) is 5.39. The minimum Gasteiger partial charge on any atom is -0.492 e. The van der Waals surface area contributed by atoms with Crippen LogP contribution in [-0.2, 0) is 4.74 Å². The van der Waals surface area contributed by atoms with Gasteiger partial charge in [-0.3, -0.25) is 0 Å². The lowest BCUT2D eigenvalue weighted by molar-refractivity contribution is 0.122. The number of nitrogens with zero attached hydrogens (tertiary/aromatic N) is 1. The second-order valence-electron chi connectivity index (χ2n) is 6.77. The van der Waals surface area contributed by atoms with Gasteiger partial charge in [-0.05, 0) is 50.7 Å². The monoisotopic (exact) mass is 449 g/mol. The van der Waals surface area contributed by atoms with Crippen molar-refractivity contribution in [1.82, 2.24) is 0 Å². The molecule has 1 aliphatic heterocycles. The van der Waals surface area contributed by atoms with Gasteiger partial charge in [-0.2, -0.15) is 0 Å². The third-order valence-electron chi connectivity index (χ3n) is 4.78. The average Bonchev–Trinajstić information content (AvgIpc) is 2.74. The third kappa shape index (κ3) is 5.47. The fourth-order valence-electron chi connectivity index (χ4n) is 3.26. The number of thiocarbonyl (C=S) groups is 1. The zero-order chi connectivity index (χ0) is 21.5. The summed E-state index contributed by atoms with van der Waals surface area (Å²) in [6.07, 6.45) is 0. The second-order valence-corrected chi connectivity index (χ2v) is 7.59. The standard InChI is InChI=1S/C22H28ClN3O3S/c1-4-28-20-14-19(26-9-11-27-12-10-26)21(29-5-2)13-18(20)25-22(30)24-17-8-6-7-16(23)15(17)3/h6-8,13-14H,4-5,9-12H2,1-3H3,(H2,24,25,30). The molecule has 6 nitrogen and oxygen atoms in total. The van der Waals surface area contributed by atoms with Gasteiger partial charge in [-0.15, -0.1) is 0 Å². The Morgan fingerprint density at radius 2 is 1.73 bits per heavy atom. The lowest BCUT2D eigenvalue weighted by Gasteiger charge is -2.31. The molecule has 2 aromatic carbocycles. The van der Waals surface area contributed by atoms with E-state index in [1.807, 2.05) is 51.1 Å². The number of rotatable bonds is 7. The van der Waals surface area contributed by atoms with Crippen LogP contribution in [0.5, 0.6) is 11.5 Å². The van der Waals surface area contributed by atoms with Crippen LogP contribution < -0.4 is 25.0 Å². The van der Waals surface area contributed by atoms with Crippen molar-refractivity contribution in [2.45, 2.75) is 20.8 Å². The molecule has 2 N–H and O–H groups in total. The Kier molecular flexibility index (Phi) is 8.01. The van der Waals surface area contributed by atoms with E-state index in [4.69, 9.17) is 38.0 Å². The number of ether oxygens (including phenoxy) is 3. The van der Waals surface area contributed by atoms with Gasteiger partial charge in [-0.1, -0.05) is 17.7 Å². The molecule has 0 aliphatic carbocycles. The van der Waals surface area contributed by atoms with Gasteiger partial charge in [0.2, 0.25) is 0 Å². The Hall–Kier alpha value is -2.22. The topological polar surface area (TPSA) is 55.0 Å². The zero-order valence-corrected chi connectivity index (χ0v) is 19.2. The lowest BCUT2D eigenvalue weighted by Crippen LogP contribution is -2.36. The van der Waals surface area contributed by atoms with E-state index in [-0.39, 0.29) is 0 Å². The molecule has 0 radical (unpaired) electrons. The molecule has 1 saturated heterocycles. The Morgan fingerprint density at radius 1 is 1.07 bits per heavy atom. The van der Waals surface area contributed by atoms with Crippen LogP contribution in [0, 0.1) is 6.92 Å². The molecule has 0 atom stereocenters. The van der Waals surface area contributed by atoms with E-state index in [2.05, 4.69) is 15.5 Å². The van der Waals surface area contributed by atoms with E-state index >= 15 is 0 Å². The van der Waals surface area contributed by atoms with E-state index in [0.29, 0.717) is 36.6 Å². The summed E-state index contributed by atoms with van der Waals surface area (Å²) < 4.78 is 17.3. The summed E-state index contributed by atoms with van der Waals surface area (Å²) in [7, 11) is 0. The predicted octanol–water partition coefficient (Wildman–Crippen LogP) is 5.09. The van der Waals surface area contributed by atoms with E-state index < -0.39 is 0 Å². The van der Waals surface area contributed by atoms with Gasteiger partial charge in [-0.25, -0.2) is 0 Å². The summed E-state index contributed by atoms with van der Waals surface area (Å²) in [5.41, 5.74) is 3.53. The van der Waals surface area contributed by atoms with Gasteiger partial charge < -0.3 is 29.7 Å². The maximum absolute atomic E-state index is 6.22. The van der Waals surface area contributed by atoms with Crippen LogP contribution in [0.3, 0.4) is 0 Å². The summed E-state index contributed by atoms with van der Waals surface area (Å²) in [5.74, 6) is 1.50. The van der Waals surface area contributed by atoms with Crippen LogP contribution in [-0.4, -0.2) is 44.6 Å². The quantitative estimate of drug-likeness (QED) is 0.571. The molecule has 2 aromatic rings. The summed E-state index contributed by atoms with van der Waals surface area (Å²) >= 11 is 11.8. The first kappa shape index (κ1) is 22.5. The predicted molar refractivity (Wildman–Crippen MR) is 128 cm³/mol.